The molecule has 0 atom stereocenters. The number of nitrogen functional groups attached to an aromatic ring is 2. The fourth-order valence-electron chi connectivity index (χ4n) is 1.68. The van der Waals surface area contributed by atoms with Crippen LogP contribution >= 0.6 is 11.8 Å². The van der Waals surface area contributed by atoms with Crippen LogP contribution in [0.15, 0.2) is 47.4 Å². The van der Waals surface area contributed by atoms with Crippen molar-refractivity contribution in [3.05, 3.63) is 53.6 Å². The molecule has 0 amide bonds. The molecule has 4 N–H and O–H groups in total. The molecule has 2 rings (SSSR count). The molecule has 0 unspecified atom stereocenters. The third kappa shape index (κ3) is 3.17. The predicted octanol–water partition coefficient (Wildman–Crippen LogP) is 3.45. The monoisotopic (exact) mass is 244 g/mol. The van der Waals surface area contributed by atoms with Gasteiger partial charge in [-0.2, -0.15) is 0 Å². The molecule has 0 fully saturated rings. The zero-order valence-corrected chi connectivity index (χ0v) is 10.6. The quantitative estimate of drug-likeness (QED) is 0.642. The summed E-state index contributed by atoms with van der Waals surface area (Å²) in [5.41, 5.74) is 15.6. The van der Waals surface area contributed by atoms with E-state index in [0.717, 1.165) is 17.1 Å². The Morgan fingerprint density at radius 1 is 1.00 bits per heavy atom. The lowest BCUT2D eigenvalue weighted by Crippen LogP contribution is -1.89. The van der Waals surface area contributed by atoms with Gasteiger partial charge in [-0.05, 0) is 48.4 Å². The van der Waals surface area contributed by atoms with Gasteiger partial charge in [-0.25, -0.2) is 0 Å². The van der Waals surface area contributed by atoms with Gasteiger partial charge in [0, 0.05) is 22.0 Å². The number of hydrogen-bond donors (Lipinski definition) is 2. The Hall–Kier alpha value is -1.61. The second kappa shape index (κ2) is 5.15. The third-order valence-electron chi connectivity index (χ3n) is 2.54. The SMILES string of the molecule is Cc1cc(N)ccc1SCc1cccc(N)c1. The van der Waals surface area contributed by atoms with E-state index < -0.39 is 0 Å². The zero-order valence-electron chi connectivity index (χ0n) is 9.81. The molecule has 0 aliphatic heterocycles. The first-order valence-electron chi connectivity index (χ1n) is 5.48. The van der Waals surface area contributed by atoms with Gasteiger partial charge in [-0.15, -0.1) is 11.8 Å². The van der Waals surface area contributed by atoms with Crippen molar-refractivity contribution in [3.8, 4) is 0 Å². The van der Waals surface area contributed by atoms with Crippen molar-refractivity contribution in [1.29, 1.82) is 0 Å². The van der Waals surface area contributed by atoms with Crippen LogP contribution in [0.3, 0.4) is 0 Å². The summed E-state index contributed by atoms with van der Waals surface area (Å²) < 4.78 is 0. The molecule has 3 heteroatoms. The Bertz CT molecular complexity index is 523. The molecule has 0 aliphatic rings. The van der Waals surface area contributed by atoms with Gasteiger partial charge in [0.2, 0.25) is 0 Å². The van der Waals surface area contributed by atoms with Crippen LogP contribution in [0.5, 0.6) is 0 Å². The molecule has 0 saturated carbocycles. The van der Waals surface area contributed by atoms with Crippen molar-refractivity contribution in [2.75, 3.05) is 11.5 Å². The normalized spacial score (nSPS) is 10.4. The van der Waals surface area contributed by atoms with Gasteiger partial charge < -0.3 is 11.5 Å². The van der Waals surface area contributed by atoms with E-state index in [1.165, 1.54) is 16.0 Å². The minimum Gasteiger partial charge on any atom is -0.399 e. The fraction of sp³-hybridized carbons (Fsp3) is 0.143. The highest BCUT2D eigenvalue weighted by atomic mass is 32.2. The van der Waals surface area contributed by atoms with Crippen LogP contribution in [0.2, 0.25) is 0 Å². The molecule has 88 valence electrons. The van der Waals surface area contributed by atoms with Crippen molar-refractivity contribution in [1.82, 2.24) is 0 Å². The topological polar surface area (TPSA) is 52.0 Å². The largest absolute Gasteiger partial charge is 0.399 e. The van der Waals surface area contributed by atoms with E-state index in [1.54, 1.807) is 11.8 Å². The summed E-state index contributed by atoms with van der Waals surface area (Å²) in [5, 5.41) is 0. The molecule has 0 saturated heterocycles. The van der Waals surface area contributed by atoms with Crippen LogP contribution < -0.4 is 11.5 Å². The van der Waals surface area contributed by atoms with Gasteiger partial charge in [0.05, 0.1) is 0 Å². The molecular weight excluding hydrogens is 228 g/mol. The molecule has 0 radical (unpaired) electrons. The molecular formula is C14H16N2S. The van der Waals surface area contributed by atoms with Crippen LogP contribution in [0.25, 0.3) is 0 Å². The standard InChI is InChI=1S/C14H16N2S/c1-10-7-13(16)5-6-14(10)17-9-11-3-2-4-12(15)8-11/h2-8H,9,15-16H2,1H3. The highest BCUT2D eigenvalue weighted by Crippen LogP contribution is 2.27. The van der Waals surface area contributed by atoms with Gasteiger partial charge in [-0.1, -0.05) is 12.1 Å². The smallest absolute Gasteiger partial charge is 0.0317 e. The first-order chi connectivity index (χ1) is 8.15. The van der Waals surface area contributed by atoms with Gasteiger partial charge in [0.15, 0.2) is 0 Å². The Morgan fingerprint density at radius 3 is 2.47 bits per heavy atom. The number of nitrogens with two attached hydrogens (primary N) is 2. The van der Waals surface area contributed by atoms with E-state index in [2.05, 4.69) is 19.1 Å². The molecule has 17 heavy (non-hydrogen) atoms. The van der Waals surface area contributed by atoms with Crippen molar-refractivity contribution < 1.29 is 0 Å². The number of aryl methyl sites for hydroxylation is 1. The zero-order chi connectivity index (χ0) is 12.3. The fourth-order valence-corrected chi connectivity index (χ4v) is 2.63. The second-order valence-corrected chi connectivity index (χ2v) is 5.08. The van der Waals surface area contributed by atoms with E-state index in [-0.39, 0.29) is 0 Å². The maximum atomic E-state index is 5.75. The van der Waals surface area contributed by atoms with Crippen LogP contribution in [-0.4, -0.2) is 0 Å². The predicted molar refractivity (Wildman–Crippen MR) is 76.0 cm³/mol. The minimum absolute atomic E-state index is 0.816. The molecule has 2 aromatic rings. The lowest BCUT2D eigenvalue weighted by molar-refractivity contribution is 1.29. The van der Waals surface area contributed by atoms with Gasteiger partial charge in [-0.3, -0.25) is 0 Å². The van der Waals surface area contributed by atoms with Crippen LogP contribution in [0, 0.1) is 6.92 Å². The Labute approximate surface area is 106 Å². The van der Waals surface area contributed by atoms with Crippen molar-refractivity contribution in [3.63, 3.8) is 0 Å². The number of hydrogen-bond acceptors (Lipinski definition) is 3. The van der Waals surface area contributed by atoms with Crippen LogP contribution in [-0.2, 0) is 5.75 Å². The Balaban J connectivity index is 2.07. The molecule has 0 aromatic heterocycles. The lowest BCUT2D eigenvalue weighted by atomic mass is 10.2. The van der Waals surface area contributed by atoms with Gasteiger partial charge in [0.25, 0.3) is 0 Å². The molecule has 2 nitrogen and oxygen atoms in total. The Kier molecular flexibility index (Phi) is 3.59. The summed E-state index contributed by atoms with van der Waals surface area (Å²) >= 11 is 1.81. The summed E-state index contributed by atoms with van der Waals surface area (Å²) in [6.07, 6.45) is 0. The number of benzene rings is 2. The summed E-state index contributed by atoms with van der Waals surface area (Å²) in [7, 11) is 0. The van der Waals surface area contributed by atoms with Crippen molar-refractivity contribution in [2.45, 2.75) is 17.6 Å². The molecule has 0 heterocycles. The number of rotatable bonds is 3. The average molecular weight is 244 g/mol. The highest BCUT2D eigenvalue weighted by molar-refractivity contribution is 7.98. The van der Waals surface area contributed by atoms with E-state index in [0.29, 0.717) is 0 Å². The Morgan fingerprint density at radius 2 is 1.76 bits per heavy atom. The van der Waals surface area contributed by atoms with Gasteiger partial charge >= 0.3 is 0 Å². The summed E-state index contributed by atoms with van der Waals surface area (Å²) in [4.78, 5) is 1.27. The maximum Gasteiger partial charge on any atom is 0.0317 e. The van der Waals surface area contributed by atoms with E-state index in [1.807, 2.05) is 30.3 Å². The molecule has 0 bridgehead atoms. The molecule has 2 aromatic carbocycles. The van der Waals surface area contributed by atoms with E-state index in [4.69, 9.17) is 11.5 Å². The van der Waals surface area contributed by atoms with Crippen LogP contribution in [0.4, 0.5) is 11.4 Å². The van der Waals surface area contributed by atoms with E-state index in [9.17, 15) is 0 Å². The first kappa shape index (κ1) is 11.9. The highest BCUT2D eigenvalue weighted by Gasteiger charge is 2.01. The first-order valence-corrected chi connectivity index (χ1v) is 6.47. The maximum absolute atomic E-state index is 5.75. The van der Waals surface area contributed by atoms with E-state index >= 15 is 0 Å². The average Bonchev–Trinajstić information content (AvgIpc) is 2.28. The summed E-state index contributed by atoms with van der Waals surface area (Å²) in [6.45, 7) is 2.08. The minimum atomic E-state index is 0.816. The lowest BCUT2D eigenvalue weighted by Gasteiger charge is -2.07. The van der Waals surface area contributed by atoms with Gasteiger partial charge in [0.1, 0.15) is 0 Å². The number of anilines is 2. The molecule has 0 aliphatic carbocycles. The van der Waals surface area contributed by atoms with Crippen molar-refractivity contribution >= 4 is 23.1 Å². The second-order valence-electron chi connectivity index (χ2n) is 4.06. The van der Waals surface area contributed by atoms with Crippen molar-refractivity contribution in [2.24, 2.45) is 0 Å². The third-order valence-corrected chi connectivity index (χ3v) is 3.79. The number of thioether (sulfide) groups is 1. The van der Waals surface area contributed by atoms with Crippen LogP contribution in [0.1, 0.15) is 11.1 Å². The summed E-state index contributed by atoms with van der Waals surface area (Å²) in [6, 6.07) is 14.0. The summed E-state index contributed by atoms with van der Waals surface area (Å²) in [5.74, 6) is 0.926. The molecule has 0 spiro atoms.